The summed E-state index contributed by atoms with van der Waals surface area (Å²) >= 11 is 0. The van der Waals surface area contributed by atoms with E-state index in [2.05, 4.69) is 30.3 Å². The van der Waals surface area contributed by atoms with Gasteiger partial charge in [0.15, 0.2) is 23.3 Å². The fourth-order valence-corrected chi connectivity index (χ4v) is 6.35. The second kappa shape index (κ2) is 9.97. The Hall–Kier alpha value is -3.40. The lowest BCUT2D eigenvalue weighted by atomic mass is 9.69. The Morgan fingerprint density at radius 2 is 0.923 bits per heavy atom. The number of benzene rings is 5. The molecule has 0 fully saturated rings. The molecule has 0 bridgehead atoms. The first-order valence-corrected chi connectivity index (χ1v) is 13.8. The van der Waals surface area contributed by atoms with Crippen LogP contribution < -0.4 is 0 Å². The maximum Gasteiger partial charge on any atom is 0.166 e. The number of hydrogen-bond donors (Lipinski definition) is 0. The summed E-state index contributed by atoms with van der Waals surface area (Å²) in [5.41, 5.74) is -2.31. The monoisotopic (exact) mass is 530 g/mol. The molecule has 0 radical (unpaired) electrons. The molecule has 0 N–H and O–H groups in total. The van der Waals surface area contributed by atoms with Crippen molar-refractivity contribution in [3.63, 3.8) is 0 Å². The maximum atomic E-state index is 15.9. The van der Waals surface area contributed by atoms with Crippen molar-refractivity contribution in [1.29, 1.82) is 0 Å². The Morgan fingerprint density at radius 1 is 0.513 bits per heavy atom. The molecule has 5 aromatic rings. The van der Waals surface area contributed by atoms with E-state index in [9.17, 15) is 0 Å². The molecule has 0 aromatic heterocycles. The molecule has 0 aliphatic carbocycles. The topological polar surface area (TPSA) is 0 Å². The van der Waals surface area contributed by atoms with Crippen molar-refractivity contribution >= 4 is 32.3 Å². The first-order valence-electron chi connectivity index (χ1n) is 13.8. The summed E-state index contributed by atoms with van der Waals surface area (Å²) in [6.07, 6.45) is 1.20. The van der Waals surface area contributed by atoms with Crippen LogP contribution in [-0.4, -0.2) is 0 Å². The minimum absolute atomic E-state index is 0.239. The molecule has 0 aliphatic rings. The van der Waals surface area contributed by atoms with Gasteiger partial charge in [-0.05, 0) is 69.0 Å². The summed E-state index contributed by atoms with van der Waals surface area (Å²) < 4.78 is 63.0. The molecule has 5 aromatic carbocycles. The molecule has 0 unspecified atom stereocenters. The van der Waals surface area contributed by atoms with Crippen LogP contribution in [0.15, 0.2) is 66.7 Å². The third-order valence-corrected chi connectivity index (χ3v) is 9.09. The summed E-state index contributed by atoms with van der Waals surface area (Å²) in [7, 11) is 0. The number of hydrogen-bond acceptors (Lipinski definition) is 0. The average molecular weight is 531 g/mol. The van der Waals surface area contributed by atoms with E-state index in [1.54, 1.807) is 20.8 Å². The molecule has 0 saturated heterocycles. The lowest BCUT2D eigenvalue weighted by Gasteiger charge is -2.35. The van der Waals surface area contributed by atoms with Gasteiger partial charge < -0.3 is 0 Å². The molecule has 39 heavy (non-hydrogen) atoms. The van der Waals surface area contributed by atoms with Gasteiger partial charge in [0, 0.05) is 16.5 Å². The van der Waals surface area contributed by atoms with Gasteiger partial charge in [-0.1, -0.05) is 101 Å². The molecule has 5 rings (SSSR count). The molecule has 0 aliphatic heterocycles. The molecular weight excluding hydrogens is 496 g/mol. The Labute approximate surface area is 227 Å². The third kappa shape index (κ3) is 4.11. The van der Waals surface area contributed by atoms with E-state index in [-0.39, 0.29) is 6.42 Å². The van der Waals surface area contributed by atoms with Crippen molar-refractivity contribution in [1.82, 2.24) is 0 Å². The number of fused-ring (bicyclic) bond motifs is 6. The van der Waals surface area contributed by atoms with Crippen LogP contribution in [0.25, 0.3) is 32.3 Å². The first-order chi connectivity index (χ1) is 18.6. The van der Waals surface area contributed by atoms with Crippen LogP contribution in [0.4, 0.5) is 17.6 Å². The SMILES string of the molecule is CCC(C)(C)c1c(F)c(F)c(C(CC)(CC)Cc2cccc3c4ccccc4c4ccccc4c23)c(F)c1F. The van der Waals surface area contributed by atoms with Crippen molar-refractivity contribution in [3.05, 3.63) is 107 Å². The van der Waals surface area contributed by atoms with Crippen molar-refractivity contribution < 1.29 is 17.6 Å². The number of rotatable bonds is 7. The Kier molecular flexibility index (Phi) is 6.95. The van der Waals surface area contributed by atoms with E-state index >= 15 is 17.6 Å². The van der Waals surface area contributed by atoms with Crippen molar-refractivity contribution in [2.45, 2.75) is 71.1 Å². The molecule has 0 nitrogen and oxygen atoms in total. The Bertz CT molecular complexity index is 1640. The summed E-state index contributed by atoms with van der Waals surface area (Å²) in [5.74, 6) is -5.11. The highest BCUT2D eigenvalue weighted by Crippen LogP contribution is 2.45. The normalized spacial score (nSPS) is 12.6. The van der Waals surface area contributed by atoms with E-state index in [0.717, 1.165) is 37.9 Å². The van der Waals surface area contributed by atoms with E-state index < -0.39 is 45.2 Å². The highest BCUT2D eigenvalue weighted by Gasteiger charge is 2.41. The maximum absolute atomic E-state index is 15.9. The number of halogens is 4. The van der Waals surface area contributed by atoms with Crippen LogP contribution in [0.5, 0.6) is 0 Å². The second-order valence-electron chi connectivity index (χ2n) is 11.3. The summed E-state index contributed by atoms with van der Waals surface area (Å²) in [6.45, 7) is 8.62. The van der Waals surface area contributed by atoms with Crippen LogP contribution in [0.2, 0.25) is 0 Å². The Balaban J connectivity index is 1.81. The van der Waals surface area contributed by atoms with Crippen LogP contribution in [-0.2, 0) is 17.3 Å². The molecular formula is C35H34F4. The molecule has 0 saturated carbocycles. The largest absolute Gasteiger partial charge is 0.203 e. The van der Waals surface area contributed by atoms with Crippen LogP contribution in [0.1, 0.15) is 70.6 Å². The summed E-state index contributed by atoms with van der Waals surface area (Å²) in [5, 5.41) is 6.40. The highest BCUT2D eigenvalue weighted by molar-refractivity contribution is 6.26. The van der Waals surface area contributed by atoms with Gasteiger partial charge in [0.05, 0.1) is 0 Å². The summed E-state index contributed by atoms with van der Waals surface area (Å²) in [6, 6.07) is 22.3. The smallest absolute Gasteiger partial charge is 0.166 e. The first kappa shape index (κ1) is 27.2. The molecule has 0 atom stereocenters. The van der Waals surface area contributed by atoms with Gasteiger partial charge in [-0.2, -0.15) is 0 Å². The van der Waals surface area contributed by atoms with Crippen LogP contribution >= 0.6 is 0 Å². The summed E-state index contributed by atoms with van der Waals surface area (Å²) in [4.78, 5) is 0. The highest BCUT2D eigenvalue weighted by atomic mass is 19.2. The van der Waals surface area contributed by atoms with E-state index in [4.69, 9.17) is 0 Å². The van der Waals surface area contributed by atoms with Gasteiger partial charge in [0.1, 0.15) is 0 Å². The van der Waals surface area contributed by atoms with Gasteiger partial charge in [-0.3, -0.25) is 0 Å². The average Bonchev–Trinajstić information content (AvgIpc) is 2.95. The van der Waals surface area contributed by atoms with Crippen molar-refractivity contribution in [2.75, 3.05) is 0 Å². The zero-order chi connectivity index (χ0) is 28.1. The van der Waals surface area contributed by atoms with Crippen LogP contribution in [0, 0.1) is 23.3 Å². The predicted molar refractivity (Wildman–Crippen MR) is 155 cm³/mol. The fourth-order valence-electron chi connectivity index (χ4n) is 6.35. The quantitative estimate of drug-likeness (QED) is 0.112. The van der Waals surface area contributed by atoms with Crippen molar-refractivity contribution in [2.24, 2.45) is 0 Å². The lowest BCUT2D eigenvalue weighted by Crippen LogP contribution is -2.33. The molecule has 0 amide bonds. The molecule has 0 heterocycles. The third-order valence-electron chi connectivity index (χ3n) is 9.09. The lowest BCUT2D eigenvalue weighted by molar-refractivity contribution is 0.320. The van der Waals surface area contributed by atoms with E-state index in [1.165, 1.54) is 0 Å². The molecule has 0 spiro atoms. The fraction of sp³-hybridized carbons (Fsp3) is 0.314. The van der Waals surface area contributed by atoms with Gasteiger partial charge in [0.2, 0.25) is 0 Å². The van der Waals surface area contributed by atoms with E-state index in [1.807, 2.05) is 50.2 Å². The van der Waals surface area contributed by atoms with Gasteiger partial charge in [-0.15, -0.1) is 0 Å². The van der Waals surface area contributed by atoms with Crippen molar-refractivity contribution in [3.8, 4) is 0 Å². The zero-order valence-corrected chi connectivity index (χ0v) is 23.2. The minimum Gasteiger partial charge on any atom is -0.203 e. The van der Waals surface area contributed by atoms with Crippen LogP contribution in [0.3, 0.4) is 0 Å². The van der Waals surface area contributed by atoms with Gasteiger partial charge in [-0.25, -0.2) is 17.6 Å². The standard InChI is InChI=1S/C35H34F4/c1-6-34(4,5)28-30(36)32(38)29(33(39)31(28)37)35(7-2,8-3)20-21-14-13-19-26-24-16-10-9-15-22(24)23-17-11-12-18-25(23)27(21)26/h9-19H,6-8,20H2,1-5H3. The second-order valence-corrected chi connectivity index (χ2v) is 11.3. The minimum atomic E-state index is -1.28. The molecule has 4 heteroatoms. The van der Waals surface area contributed by atoms with Gasteiger partial charge >= 0.3 is 0 Å². The van der Waals surface area contributed by atoms with Gasteiger partial charge in [0.25, 0.3) is 0 Å². The Morgan fingerprint density at radius 3 is 1.38 bits per heavy atom. The zero-order valence-electron chi connectivity index (χ0n) is 23.2. The van der Waals surface area contributed by atoms with E-state index in [0.29, 0.717) is 19.3 Å². The predicted octanol–water partition coefficient (Wildman–Crippen LogP) is 10.7. The molecule has 202 valence electrons.